The lowest BCUT2D eigenvalue weighted by Gasteiger charge is -2.10. The Labute approximate surface area is 126 Å². The molecular formula is C14H15BrN2OS. The number of nitrogens with one attached hydrogen (secondary N) is 2. The largest absolute Gasteiger partial charge is 0.465 e. The molecule has 2 rings (SSSR count). The Hall–Kier alpha value is -1.33. The topological polar surface area (TPSA) is 37.2 Å². The third kappa shape index (κ3) is 4.08. The fourth-order valence-electron chi connectivity index (χ4n) is 1.65. The Kier molecular flexibility index (Phi) is 4.61. The third-order valence-electron chi connectivity index (χ3n) is 2.64. The first-order valence-electron chi connectivity index (χ1n) is 5.91. The van der Waals surface area contributed by atoms with Gasteiger partial charge in [-0.3, -0.25) is 0 Å². The molecule has 0 spiro atoms. The summed E-state index contributed by atoms with van der Waals surface area (Å²) in [4.78, 5) is 0. The lowest BCUT2D eigenvalue weighted by atomic mass is 10.2. The minimum atomic E-state index is 0.579. The van der Waals surface area contributed by atoms with Crippen LogP contribution < -0.4 is 10.6 Å². The number of benzene rings is 1. The average molecular weight is 339 g/mol. The molecule has 5 heteroatoms. The molecule has 0 radical (unpaired) electrons. The molecule has 1 aromatic heterocycles. The molecule has 3 nitrogen and oxygen atoms in total. The number of furan rings is 1. The molecule has 19 heavy (non-hydrogen) atoms. The monoisotopic (exact) mass is 338 g/mol. The van der Waals surface area contributed by atoms with E-state index in [1.807, 2.05) is 44.2 Å². The van der Waals surface area contributed by atoms with Gasteiger partial charge in [0.25, 0.3) is 0 Å². The van der Waals surface area contributed by atoms with Gasteiger partial charge in [-0.15, -0.1) is 0 Å². The number of hydrogen-bond acceptors (Lipinski definition) is 2. The van der Waals surface area contributed by atoms with Gasteiger partial charge in [0.1, 0.15) is 11.5 Å². The van der Waals surface area contributed by atoms with E-state index in [0.29, 0.717) is 11.7 Å². The van der Waals surface area contributed by atoms with Crippen molar-refractivity contribution in [3.8, 4) is 0 Å². The van der Waals surface area contributed by atoms with E-state index in [9.17, 15) is 0 Å². The highest BCUT2D eigenvalue weighted by Gasteiger charge is 2.02. The molecule has 0 unspecified atom stereocenters. The van der Waals surface area contributed by atoms with Crippen LogP contribution in [0.15, 0.2) is 39.2 Å². The quantitative estimate of drug-likeness (QED) is 0.824. The predicted octanol–water partition coefficient (Wildman–Crippen LogP) is 4.15. The highest BCUT2D eigenvalue weighted by Crippen LogP contribution is 2.19. The zero-order valence-corrected chi connectivity index (χ0v) is 13.2. The van der Waals surface area contributed by atoms with Gasteiger partial charge >= 0.3 is 0 Å². The molecular weight excluding hydrogens is 324 g/mol. The molecule has 0 bridgehead atoms. The maximum atomic E-state index is 5.46. The molecule has 100 valence electrons. The second-order valence-corrected chi connectivity index (χ2v) is 5.55. The van der Waals surface area contributed by atoms with Crippen LogP contribution in [-0.4, -0.2) is 5.11 Å². The Bertz CT molecular complexity index is 595. The molecule has 2 aromatic rings. The predicted molar refractivity (Wildman–Crippen MR) is 85.4 cm³/mol. The van der Waals surface area contributed by atoms with Crippen LogP contribution in [0.25, 0.3) is 0 Å². The van der Waals surface area contributed by atoms with E-state index in [4.69, 9.17) is 16.6 Å². The van der Waals surface area contributed by atoms with Crippen molar-refractivity contribution in [1.29, 1.82) is 0 Å². The van der Waals surface area contributed by atoms with Crippen LogP contribution in [0, 0.1) is 13.8 Å². The van der Waals surface area contributed by atoms with Gasteiger partial charge in [-0.2, -0.15) is 0 Å². The Morgan fingerprint density at radius 3 is 2.68 bits per heavy atom. The molecule has 0 fully saturated rings. The summed E-state index contributed by atoms with van der Waals surface area (Å²) in [6.07, 6.45) is 0. The fraction of sp³-hybridized carbons (Fsp3) is 0.214. The van der Waals surface area contributed by atoms with Crippen LogP contribution >= 0.6 is 28.1 Å². The van der Waals surface area contributed by atoms with Crippen molar-refractivity contribution in [2.24, 2.45) is 0 Å². The molecule has 2 N–H and O–H groups in total. The summed E-state index contributed by atoms with van der Waals surface area (Å²) in [7, 11) is 0. The number of hydrogen-bond donors (Lipinski definition) is 2. The fourth-order valence-corrected chi connectivity index (χ4v) is 2.08. The molecule has 1 aromatic carbocycles. The first kappa shape index (κ1) is 14.1. The van der Waals surface area contributed by atoms with Crippen molar-refractivity contribution < 1.29 is 4.42 Å². The minimum absolute atomic E-state index is 0.579. The van der Waals surface area contributed by atoms with Gasteiger partial charge in [-0.05, 0) is 62.0 Å². The van der Waals surface area contributed by atoms with Gasteiger partial charge in [0.05, 0.1) is 6.54 Å². The summed E-state index contributed by atoms with van der Waals surface area (Å²) >= 11 is 8.71. The van der Waals surface area contributed by atoms with Crippen LogP contribution in [0.4, 0.5) is 5.69 Å². The van der Waals surface area contributed by atoms with E-state index in [1.54, 1.807) is 0 Å². The van der Waals surface area contributed by atoms with Crippen molar-refractivity contribution in [3.63, 3.8) is 0 Å². The van der Waals surface area contributed by atoms with E-state index in [0.717, 1.165) is 27.2 Å². The van der Waals surface area contributed by atoms with Crippen LogP contribution in [0.5, 0.6) is 0 Å². The van der Waals surface area contributed by atoms with Crippen LogP contribution in [-0.2, 0) is 6.54 Å². The summed E-state index contributed by atoms with van der Waals surface area (Å²) in [5.41, 5.74) is 2.13. The molecule has 0 saturated heterocycles. The van der Waals surface area contributed by atoms with Gasteiger partial charge in [-0.1, -0.05) is 15.9 Å². The maximum Gasteiger partial charge on any atom is 0.171 e. The van der Waals surface area contributed by atoms with Crippen molar-refractivity contribution >= 4 is 38.9 Å². The number of aryl methyl sites for hydroxylation is 2. The zero-order valence-electron chi connectivity index (χ0n) is 10.8. The Morgan fingerprint density at radius 1 is 1.26 bits per heavy atom. The minimum Gasteiger partial charge on any atom is -0.465 e. The number of anilines is 1. The zero-order chi connectivity index (χ0) is 13.8. The molecule has 0 aliphatic rings. The molecule has 0 amide bonds. The van der Waals surface area contributed by atoms with Crippen molar-refractivity contribution in [2.75, 3.05) is 5.32 Å². The van der Waals surface area contributed by atoms with Gasteiger partial charge in [0, 0.05) is 10.2 Å². The van der Waals surface area contributed by atoms with Gasteiger partial charge in [-0.25, -0.2) is 0 Å². The Morgan fingerprint density at radius 2 is 2.05 bits per heavy atom. The first-order valence-corrected chi connectivity index (χ1v) is 7.11. The smallest absolute Gasteiger partial charge is 0.171 e. The molecule has 0 atom stereocenters. The molecule has 1 heterocycles. The number of halogens is 1. The third-order valence-corrected chi connectivity index (χ3v) is 3.77. The van der Waals surface area contributed by atoms with Crippen molar-refractivity contribution in [3.05, 3.63) is 51.9 Å². The Balaban J connectivity index is 1.88. The van der Waals surface area contributed by atoms with Gasteiger partial charge < -0.3 is 15.1 Å². The van der Waals surface area contributed by atoms with Gasteiger partial charge in [0.15, 0.2) is 5.11 Å². The summed E-state index contributed by atoms with van der Waals surface area (Å²) in [6, 6.07) is 9.88. The normalized spacial score (nSPS) is 10.3. The lowest BCUT2D eigenvalue weighted by molar-refractivity contribution is 0.478. The summed E-state index contributed by atoms with van der Waals surface area (Å²) in [5.74, 6) is 1.77. The summed E-state index contributed by atoms with van der Waals surface area (Å²) in [5, 5.41) is 6.83. The second-order valence-electron chi connectivity index (χ2n) is 4.28. The maximum absolute atomic E-state index is 5.46. The van der Waals surface area contributed by atoms with E-state index in [1.165, 1.54) is 0 Å². The number of thiocarbonyl (C=S) groups is 1. The van der Waals surface area contributed by atoms with E-state index >= 15 is 0 Å². The molecule has 0 aliphatic carbocycles. The average Bonchev–Trinajstić information content (AvgIpc) is 2.77. The first-order chi connectivity index (χ1) is 9.04. The van der Waals surface area contributed by atoms with Crippen molar-refractivity contribution in [1.82, 2.24) is 5.32 Å². The lowest BCUT2D eigenvalue weighted by Crippen LogP contribution is -2.27. The van der Waals surface area contributed by atoms with Crippen LogP contribution in [0.1, 0.15) is 17.1 Å². The van der Waals surface area contributed by atoms with Gasteiger partial charge in [0.2, 0.25) is 0 Å². The number of rotatable bonds is 3. The second kappa shape index (κ2) is 6.21. The highest BCUT2D eigenvalue weighted by atomic mass is 79.9. The molecule has 0 aliphatic heterocycles. The standard InChI is InChI=1S/C14H15BrN2OS/c1-9-7-11(4-6-13(9)15)17-14(19)16-8-12-5-3-10(2)18-12/h3-7H,8H2,1-2H3,(H2,16,17,19). The van der Waals surface area contributed by atoms with E-state index in [2.05, 4.69) is 26.6 Å². The van der Waals surface area contributed by atoms with Crippen LogP contribution in [0.2, 0.25) is 0 Å². The van der Waals surface area contributed by atoms with E-state index in [-0.39, 0.29) is 0 Å². The van der Waals surface area contributed by atoms with E-state index < -0.39 is 0 Å². The van der Waals surface area contributed by atoms with Crippen LogP contribution in [0.3, 0.4) is 0 Å². The highest BCUT2D eigenvalue weighted by molar-refractivity contribution is 9.10. The summed E-state index contributed by atoms with van der Waals surface area (Å²) < 4.78 is 6.55. The van der Waals surface area contributed by atoms with Crippen molar-refractivity contribution in [2.45, 2.75) is 20.4 Å². The SMILES string of the molecule is Cc1ccc(CNC(=S)Nc2ccc(Br)c(C)c2)o1. The summed E-state index contributed by atoms with van der Waals surface area (Å²) in [6.45, 7) is 4.54. The molecule has 0 saturated carbocycles.